The molecule has 134 valence electrons. The summed E-state index contributed by atoms with van der Waals surface area (Å²) in [5, 5.41) is 12.5. The fourth-order valence-electron chi connectivity index (χ4n) is 2.42. The van der Waals surface area contributed by atoms with Crippen molar-refractivity contribution in [2.75, 3.05) is 13.7 Å². The van der Waals surface area contributed by atoms with Crippen molar-refractivity contribution in [3.63, 3.8) is 0 Å². The van der Waals surface area contributed by atoms with Crippen molar-refractivity contribution in [1.29, 1.82) is 0 Å². The van der Waals surface area contributed by atoms with Crippen LogP contribution in [-0.4, -0.2) is 24.7 Å². The number of aliphatic hydroxyl groups is 1. The monoisotopic (exact) mass is 353 g/mol. The molecule has 0 bridgehead atoms. The number of hydrogen-bond acceptors (Lipinski definition) is 3. The summed E-state index contributed by atoms with van der Waals surface area (Å²) in [6, 6.07) is 11.4. The molecule has 2 aromatic carbocycles. The average Bonchev–Trinajstić information content (AvgIpc) is 2.59. The first-order chi connectivity index (χ1) is 11.8. The van der Waals surface area contributed by atoms with Crippen LogP contribution in [0.15, 0.2) is 48.5 Å². The van der Waals surface area contributed by atoms with Gasteiger partial charge in [0.1, 0.15) is 0 Å². The number of ether oxygens (including phenoxy) is 1. The van der Waals surface area contributed by atoms with Gasteiger partial charge in [0.25, 0.3) is 5.91 Å². The lowest BCUT2D eigenvalue weighted by Crippen LogP contribution is -2.29. The third kappa shape index (κ3) is 5.04. The molecule has 4 nitrogen and oxygen atoms in total. The Morgan fingerprint density at radius 1 is 1.20 bits per heavy atom. The number of benzene rings is 2. The number of methoxy groups -OCH3 is 1. The molecule has 0 saturated heterocycles. The van der Waals surface area contributed by atoms with Gasteiger partial charge >= 0.3 is 6.18 Å². The van der Waals surface area contributed by atoms with Crippen molar-refractivity contribution in [2.45, 2.75) is 18.9 Å². The zero-order valence-corrected chi connectivity index (χ0v) is 13.5. The summed E-state index contributed by atoms with van der Waals surface area (Å²) in [6.45, 7) is 0.00311. The Morgan fingerprint density at radius 3 is 2.60 bits per heavy atom. The number of rotatable bonds is 6. The van der Waals surface area contributed by atoms with E-state index in [0.717, 1.165) is 11.6 Å². The highest BCUT2D eigenvalue weighted by atomic mass is 19.4. The molecule has 0 spiro atoms. The Bertz CT molecular complexity index is 732. The number of carbonyl (C=O) groups excluding carboxylic acids is 1. The molecule has 0 radical (unpaired) electrons. The second-order valence-electron chi connectivity index (χ2n) is 5.44. The van der Waals surface area contributed by atoms with Crippen LogP contribution in [0.2, 0.25) is 0 Å². The van der Waals surface area contributed by atoms with Gasteiger partial charge in [-0.15, -0.1) is 0 Å². The Balaban J connectivity index is 2.06. The molecule has 2 rings (SSSR count). The van der Waals surface area contributed by atoms with E-state index in [2.05, 4.69) is 5.32 Å². The maximum absolute atomic E-state index is 13.0. The van der Waals surface area contributed by atoms with Crippen LogP contribution in [0, 0.1) is 0 Å². The summed E-state index contributed by atoms with van der Waals surface area (Å²) >= 11 is 0. The van der Waals surface area contributed by atoms with Crippen LogP contribution in [0.25, 0.3) is 0 Å². The van der Waals surface area contributed by atoms with E-state index in [4.69, 9.17) is 4.74 Å². The van der Waals surface area contributed by atoms with E-state index in [1.165, 1.54) is 25.3 Å². The molecule has 0 aromatic heterocycles. The number of hydrogen-bond donors (Lipinski definition) is 2. The van der Waals surface area contributed by atoms with Crippen LogP contribution >= 0.6 is 0 Å². The Morgan fingerprint density at radius 2 is 1.92 bits per heavy atom. The van der Waals surface area contributed by atoms with Crippen LogP contribution in [-0.2, 0) is 17.5 Å². The minimum Gasteiger partial charge on any atom is -0.387 e. The lowest BCUT2D eigenvalue weighted by molar-refractivity contribution is -0.139. The van der Waals surface area contributed by atoms with E-state index in [9.17, 15) is 23.1 Å². The first-order valence-electron chi connectivity index (χ1n) is 7.53. The summed E-state index contributed by atoms with van der Waals surface area (Å²) in [5.41, 5.74) is -0.0637. The molecule has 2 aromatic rings. The van der Waals surface area contributed by atoms with Gasteiger partial charge in [-0.3, -0.25) is 4.79 Å². The number of halogens is 3. The van der Waals surface area contributed by atoms with Crippen LogP contribution in [0.3, 0.4) is 0 Å². The summed E-state index contributed by atoms with van der Waals surface area (Å²) in [6.07, 6.45) is -6.04. The zero-order valence-electron chi connectivity index (χ0n) is 13.5. The lowest BCUT2D eigenvalue weighted by Gasteiger charge is -2.18. The first kappa shape index (κ1) is 19.0. The van der Waals surface area contributed by atoms with Crippen LogP contribution in [0.5, 0.6) is 0 Å². The average molecular weight is 353 g/mol. The minimum absolute atomic E-state index is 0.275. The first-order valence-corrected chi connectivity index (χ1v) is 7.53. The van der Waals surface area contributed by atoms with Gasteiger partial charge in [0.15, 0.2) is 0 Å². The molecule has 0 aliphatic heterocycles. The van der Waals surface area contributed by atoms with Gasteiger partial charge in [-0.25, -0.2) is 0 Å². The van der Waals surface area contributed by atoms with Crippen LogP contribution in [0.1, 0.15) is 33.2 Å². The molecule has 1 amide bonds. The van der Waals surface area contributed by atoms with Gasteiger partial charge in [0, 0.05) is 19.2 Å². The Hall–Kier alpha value is -2.38. The largest absolute Gasteiger partial charge is 0.416 e. The quantitative estimate of drug-likeness (QED) is 0.838. The molecule has 2 N–H and O–H groups in total. The van der Waals surface area contributed by atoms with E-state index in [-0.39, 0.29) is 12.1 Å². The van der Waals surface area contributed by atoms with E-state index in [1.54, 1.807) is 24.3 Å². The summed E-state index contributed by atoms with van der Waals surface area (Å²) in [7, 11) is 1.53. The third-order valence-corrected chi connectivity index (χ3v) is 3.58. The molecule has 0 heterocycles. The van der Waals surface area contributed by atoms with Gasteiger partial charge in [0.2, 0.25) is 0 Å². The van der Waals surface area contributed by atoms with Gasteiger partial charge in [-0.1, -0.05) is 30.3 Å². The van der Waals surface area contributed by atoms with Crippen molar-refractivity contribution in [3.8, 4) is 0 Å². The number of nitrogens with one attached hydrogen (secondary N) is 1. The number of carbonyl (C=O) groups is 1. The summed E-state index contributed by atoms with van der Waals surface area (Å²) < 4.78 is 43.9. The van der Waals surface area contributed by atoms with Crippen molar-refractivity contribution >= 4 is 5.91 Å². The highest BCUT2D eigenvalue weighted by Crippen LogP contribution is 2.34. The maximum atomic E-state index is 13.0. The van der Waals surface area contributed by atoms with Gasteiger partial charge < -0.3 is 15.2 Å². The second kappa shape index (κ2) is 8.13. The van der Waals surface area contributed by atoms with Gasteiger partial charge in [0.05, 0.1) is 18.3 Å². The molecule has 7 heteroatoms. The topological polar surface area (TPSA) is 58.6 Å². The number of aliphatic hydroxyl groups excluding tert-OH is 1. The molecule has 1 atom stereocenters. The van der Waals surface area contributed by atoms with E-state index < -0.39 is 23.8 Å². The van der Waals surface area contributed by atoms with Crippen LogP contribution in [0.4, 0.5) is 13.2 Å². The van der Waals surface area contributed by atoms with E-state index in [1.807, 2.05) is 0 Å². The molecule has 25 heavy (non-hydrogen) atoms. The third-order valence-electron chi connectivity index (χ3n) is 3.58. The maximum Gasteiger partial charge on any atom is 0.416 e. The number of amides is 1. The predicted octanol–water partition coefficient (Wildman–Crippen LogP) is 3.32. The van der Waals surface area contributed by atoms with Crippen molar-refractivity contribution in [1.82, 2.24) is 5.32 Å². The lowest BCUT2D eigenvalue weighted by atomic mass is 10.0. The highest BCUT2D eigenvalue weighted by molar-refractivity contribution is 5.94. The molecular weight excluding hydrogens is 335 g/mol. The summed E-state index contributed by atoms with van der Waals surface area (Å²) in [5.74, 6) is -0.485. The molecule has 1 unspecified atom stereocenters. The fraction of sp³-hybridized carbons (Fsp3) is 0.278. The molecular formula is C18H18F3NO3. The van der Waals surface area contributed by atoms with E-state index >= 15 is 0 Å². The highest BCUT2D eigenvalue weighted by Gasteiger charge is 2.34. The number of alkyl halides is 3. The summed E-state index contributed by atoms with van der Waals surface area (Å²) in [4.78, 5) is 12.1. The SMILES string of the molecule is COCc1cccc(C(=O)NCC(O)c2ccccc2C(F)(F)F)c1. The molecule has 0 fully saturated rings. The predicted molar refractivity (Wildman–Crippen MR) is 85.9 cm³/mol. The normalized spacial score (nSPS) is 12.7. The minimum atomic E-state index is -4.57. The van der Waals surface area contributed by atoms with Crippen molar-refractivity contribution < 1.29 is 27.8 Å². The molecule has 0 aliphatic rings. The van der Waals surface area contributed by atoms with Gasteiger partial charge in [-0.05, 0) is 29.3 Å². The van der Waals surface area contributed by atoms with Crippen LogP contribution < -0.4 is 5.32 Å². The Labute approximate surface area is 143 Å². The fourth-order valence-corrected chi connectivity index (χ4v) is 2.42. The van der Waals surface area contributed by atoms with E-state index in [0.29, 0.717) is 12.2 Å². The standard InChI is InChI=1S/C18H18F3NO3/c1-25-11-12-5-4-6-13(9-12)17(24)22-10-16(23)14-7-2-3-8-15(14)18(19,20)21/h2-9,16,23H,10-11H2,1H3,(H,22,24). The zero-order chi connectivity index (χ0) is 18.4. The molecule has 0 saturated carbocycles. The van der Waals surface area contributed by atoms with Gasteiger partial charge in [-0.2, -0.15) is 13.2 Å². The van der Waals surface area contributed by atoms with Crippen molar-refractivity contribution in [2.24, 2.45) is 0 Å². The van der Waals surface area contributed by atoms with Crippen molar-refractivity contribution in [3.05, 3.63) is 70.8 Å². The second-order valence-corrected chi connectivity index (χ2v) is 5.44. The molecule has 0 aliphatic carbocycles. The smallest absolute Gasteiger partial charge is 0.387 e. The Kier molecular flexibility index (Phi) is 6.17.